The summed E-state index contributed by atoms with van der Waals surface area (Å²) >= 11 is 19.0. The molecule has 1 amide bonds. The average molecular weight is 507 g/mol. The van der Waals surface area contributed by atoms with Crippen molar-refractivity contribution in [1.29, 1.82) is 0 Å². The van der Waals surface area contributed by atoms with Gasteiger partial charge in [-0.25, -0.2) is 13.4 Å². The molecule has 30 heavy (non-hydrogen) atoms. The number of rotatable bonds is 7. The molecule has 0 saturated heterocycles. The fourth-order valence-electron chi connectivity index (χ4n) is 2.25. The minimum Gasteiger partial charge on any atom is -0.479 e. The number of nitrogens with zero attached hydrogens (tertiary/aromatic N) is 1. The van der Waals surface area contributed by atoms with E-state index in [1.165, 1.54) is 60.9 Å². The third kappa shape index (κ3) is 5.55. The van der Waals surface area contributed by atoms with Gasteiger partial charge in [0.2, 0.25) is 0 Å². The molecule has 0 radical (unpaired) electrons. The lowest BCUT2D eigenvalue weighted by molar-refractivity contribution is -0.122. The predicted molar refractivity (Wildman–Crippen MR) is 120 cm³/mol. The first-order chi connectivity index (χ1) is 14.2. The Morgan fingerprint density at radius 1 is 1.10 bits per heavy atom. The van der Waals surface area contributed by atoms with E-state index in [2.05, 4.69) is 15.0 Å². The van der Waals surface area contributed by atoms with E-state index in [0.29, 0.717) is 5.69 Å². The normalized spacial score (nSPS) is 12.3. The molecule has 7 nitrogen and oxygen atoms in total. The highest BCUT2D eigenvalue weighted by Crippen LogP contribution is 2.34. The second-order valence-corrected chi connectivity index (χ2v) is 9.71. The van der Waals surface area contributed by atoms with Crippen LogP contribution in [-0.4, -0.2) is 25.4 Å². The topological polar surface area (TPSA) is 97.4 Å². The number of anilines is 2. The number of ether oxygens (including phenoxy) is 1. The molecule has 2 aromatic carbocycles. The molecule has 0 spiro atoms. The van der Waals surface area contributed by atoms with Crippen LogP contribution in [0.2, 0.25) is 15.1 Å². The average Bonchev–Trinajstić information content (AvgIpc) is 3.18. The molecule has 12 heteroatoms. The monoisotopic (exact) mass is 505 g/mol. The van der Waals surface area contributed by atoms with Crippen molar-refractivity contribution >= 4 is 72.9 Å². The highest BCUT2D eigenvalue weighted by Gasteiger charge is 2.19. The summed E-state index contributed by atoms with van der Waals surface area (Å²) in [6.07, 6.45) is 0.588. The van der Waals surface area contributed by atoms with E-state index in [1.54, 1.807) is 5.38 Å². The van der Waals surface area contributed by atoms with Crippen molar-refractivity contribution in [3.8, 4) is 5.75 Å². The smallest absolute Gasteiger partial charge is 0.265 e. The van der Waals surface area contributed by atoms with Gasteiger partial charge in [-0.2, -0.15) is 0 Å². The van der Waals surface area contributed by atoms with Crippen molar-refractivity contribution in [3.05, 3.63) is 63.0 Å². The molecule has 1 heterocycles. The molecule has 158 valence electrons. The predicted octanol–water partition coefficient (Wildman–Crippen LogP) is 5.31. The number of benzene rings is 2. The first kappa shape index (κ1) is 22.6. The van der Waals surface area contributed by atoms with Crippen LogP contribution in [0.25, 0.3) is 0 Å². The standard InChI is InChI=1S/C18H14Cl3N3O4S2/c1-10(28-16-9-14(20)13(19)8-15(16)21)17(25)23-11-2-4-12(5-3-11)30(26,27)24-18-22-6-7-29-18/h2-10H,1H3,(H,22,24)(H,23,25)/t10-/m1/s1. The van der Waals surface area contributed by atoms with Crippen LogP contribution in [0.5, 0.6) is 5.75 Å². The van der Waals surface area contributed by atoms with E-state index < -0.39 is 22.0 Å². The summed E-state index contributed by atoms with van der Waals surface area (Å²) in [5.74, 6) is -0.253. The summed E-state index contributed by atoms with van der Waals surface area (Å²) in [6, 6.07) is 8.51. The zero-order chi connectivity index (χ0) is 21.9. The molecular weight excluding hydrogens is 493 g/mol. The van der Waals surface area contributed by atoms with Gasteiger partial charge in [-0.3, -0.25) is 9.52 Å². The summed E-state index contributed by atoms with van der Waals surface area (Å²) in [6.45, 7) is 1.53. The Balaban J connectivity index is 1.65. The lowest BCUT2D eigenvalue weighted by Crippen LogP contribution is -2.30. The summed E-state index contributed by atoms with van der Waals surface area (Å²) in [7, 11) is -3.78. The van der Waals surface area contributed by atoms with Crippen LogP contribution in [-0.2, 0) is 14.8 Å². The highest BCUT2D eigenvalue weighted by molar-refractivity contribution is 7.93. The number of halogens is 3. The largest absolute Gasteiger partial charge is 0.479 e. The van der Waals surface area contributed by atoms with Gasteiger partial charge in [0, 0.05) is 23.3 Å². The molecule has 1 atom stereocenters. The number of thiazole rings is 1. The van der Waals surface area contributed by atoms with Crippen LogP contribution in [0, 0.1) is 0 Å². The number of aromatic nitrogens is 1. The van der Waals surface area contributed by atoms with E-state index in [0.717, 1.165) is 0 Å². The second kappa shape index (κ2) is 9.40. The molecule has 0 aliphatic rings. The van der Waals surface area contributed by atoms with Gasteiger partial charge >= 0.3 is 0 Å². The molecule has 0 aliphatic carbocycles. The first-order valence-corrected chi connectivity index (χ1v) is 11.8. The van der Waals surface area contributed by atoms with E-state index >= 15 is 0 Å². The Bertz CT molecular complexity index is 1150. The molecule has 1 aromatic heterocycles. The number of carbonyl (C=O) groups is 1. The maximum atomic E-state index is 12.4. The van der Waals surface area contributed by atoms with Crippen LogP contribution in [0.1, 0.15) is 6.92 Å². The molecule has 0 saturated carbocycles. The Morgan fingerprint density at radius 3 is 2.40 bits per heavy atom. The lowest BCUT2D eigenvalue weighted by Gasteiger charge is -2.16. The summed E-state index contributed by atoms with van der Waals surface area (Å²) in [5, 5.41) is 5.29. The number of amides is 1. The zero-order valence-corrected chi connectivity index (χ0v) is 19.1. The number of hydrogen-bond donors (Lipinski definition) is 2. The fourth-order valence-corrected chi connectivity index (χ4v) is 4.62. The van der Waals surface area contributed by atoms with E-state index in [1.807, 2.05) is 0 Å². The molecular formula is C18H14Cl3N3O4S2. The van der Waals surface area contributed by atoms with E-state index in [4.69, 9.17) is 39.5 Å². The first-order valence-electron chi connectivity index (χ1n) is 8.30. The van der Waals surface area contributed by atoms with Crippen LogP contribution < -0.4 is 14.8 Å². The second-order valence-electron chi connectivity index (χ2n) is 5.91. The minimum atomic E-state index is -3.78. The SMILES string of the molecule is C[C@@H](Oc1cc(Cl)c(Cl)cc1Cl)C(=O)Nc1ccc(S(=O)(=O)Nc2nccs2)cc1. The van der Waals surface area contributed by atoms with Crippen molar-refractivity contribution < 1.29 is 17.9 Å². The van der Waals surface area contributed by atoms with Crippen LogP contribution in [0.15, 0.2) is 52.9 Å². The summed E-state index contributed by atoms with van der Waals surface area (Å²) < 4.78 is 32.6. The third-order valence-electron chi connectivity index (χ3n) is 3.73. The van der Waals surface area contributed by atoms with E-state index in [9.17, 15) is 13.2 Å². The Labute approximate surface area is 192 Å². The lowest BCUT2D eigenvalue weighted by atomic mass is 10.3. The molecule has 3 rings (SSSR count). The maximum absolute atomic E-state index is 12.4. The van der Waals surface area contributed by atoms with Crippen LogP contribution in [0.4, 0.5) is 10.8 Å². The minimum absolute atomic E-state index is 0.0302. The zero-order valence-electron chi connectivity index (χ0n) is 15.2. The third-order valence-corrected chi connectivity index (χ3v) is 6.92. The Kier molecular flexibility index (Phi) is 7.10. The molecule has 0 aliphatic heterocycles. The summed E-state index contributed by atoms with van der Waals surface area (Å²) in [5.41, 5.74) is 0.392. The molecule has 2 N–H and O–H groups in total. The van der Waals surface area contributed by atoms with E-state index in [-0.39, 0.29) is 30.8 Å². The Hall–Kier alpha value is -2.04. The van der Waals surface area contributed by atoms with Gasteiger partial charge in [0.15, 0.2) is 11.2 Å². The van der Waals surface area contributed by atoms with Crippen molar-refractivity contribution in [2.45, 2.75) is 17.9 Å². The van der Waals surface area contributed by atoms with Gasteiger partial charge in [0.25, 0.3) is 15.9 Å². The summed E-state index contributed by atoms with van der Waals surface area (Å²) in [4.78, 5) is 16.3. The number of hydrogen-bond acceptors (Lipinski definition) is 6. The highest BCUT2D eigenvalue weighted by atomic mass is 35.5. The number of nitrogens with one attached hydrogen (secondary N) is 2. The van der Waals surface area contributed by atoms with Gasteiger partial charge < -0.3 is 10.1 Å². The molecule has 0 bridgehead atoms. The molecule has 3 aromatic rings. The van der Waals surface area contributed by atoms with Crippen LogP contribution in [0.3, 0.4) is 0 Å². The van der Waals surface area contributed by atoms with Crippen molar-refractivity contribution in [3.63, 3.8) is 0 Å². The number of sulfonamides is 1. The van der Waals surface area contributed by atoms with Gasteiger partial charge in [-0.1, -0.05) is 34.8 Å². The fraction of sp³-hybridized carbons (Fsp3) is 0.111. The molecule has 0 fully saturated rings. The van der Waals surface area contributed by atoms with Crippen LogP contribution >= 0.6 is 46.1 Å². The maximum Gasteiger partial charge on any atom is 0.265 e. The number of carbonyl (C=O) groups excluding carboxylic acids is 1. The Morgan fingerprint density at radius 2 is 1.77 bits per heavy atom. The van der Waals surface area contributed by atoms with Gasteiger partial charge in [-0.05, 0) is 37.3 Å². The quantitative estimate of drug-likeness (QED) is 0.423. The molecule has 0 unspecified atom stereocenters. The van der Waals surface area contributed by atoms with Gasteiger partial charge in [-0.15, -0.1) is 11.3 Å². The van der Waals surface area contributed by atoms with Gasteiger partial charge in [0.05, 0.1) is 20.0 Å². The van der Waals surface area contributed by atoms with Crippen molar-refractivity contribution in [1.82, 2.24) is 4.98 Å². The van der Waals surface area contributed by atoms with Gasteiger partial charge in [0.1, 0.15) is 5.75 Å². The van der Waals surface area contributed by atoms with Crippen molar-refractivity contribution in [2.24, 2.45) is 0 Å². The van der Waals surface area contributed by atoms with Crippen molar-refractivity contribution in [2.75, 3.05) is 10.0 Å².